The Kier molecular flexibility index (Phi) is 3.06. The molecule has 0 aromatic carbocycles. The molecule has 1 rings (SSSR count). The summed E-state index contributed by atoms with van der Waals surface area (Å²) in [5.74, 6) is 5.55. The average Bonchev–Trinajstić information content (AvgIpc) is 2.24. The van der Waals surface area contributed by atoms with Crippen LogP contribution in [-0.4, -0.2) is 28.4 Å². The lowest BCUT2D eigenvalue weighted by molar-refractivity contribution is 0.353. The monoisotopic (exact) mass is 182 g/mol. The fourth-order valence-corrected chi connectivity index (χ4v) is 1.47. The van der Waals surface area contributed by atoms with Crippen LogP contribution in [-0.2, 0) is 13.5 Å². The molecular weight excluding hydrogens is 164 g/mol. The lowest BCUT2D eigenvalue weighted by Gasteiger charge is -2.08. The molecule has 0 atom stereocenters. The fraction of sp³-hybridized carbons (Fsp3) is 0.667. The SMILES string of the molecule is Cc1nn(C)c(C)c1CCN(C)N. The highest BCUT2D eigenvalue weighted by molar-refractivity contribution is 5.24. The van der Waals surface area contributed by atoms with Crippen molar-refractivity contribution in [1.29, 1.82) is 0 Å². The number of nitrogens with two attached hydrogens (primary N) is 1. The fourth-order valence-electron chi connectivity index (χ4n) is 1.47. The van der Waals surface area contributed by atoms with Crippen LogP contribution < -0.4 is 5.84 Å². The Labute approximate surface area is 79.3 Å². The minimum atomic E-state index is 0.868. The highest BCUT2D eigenvalue weighted by Crippen LogP contribution is 2.12. The van der Waals surface area contributed by atoms with Gasteiger partial charge in [0, 0.05) is 26.3 Å². The van der Waals surface area contributed by atoms with Crippen molar-refractivity contribution in [2.45, 2.75) is 20.3 Å². The first-order valence-electron chi connectivity index (χ1n) is 4.47. The van der Waals surface area contributed by atoms with Gasteiger partial charge >= 0.3 is 0 Å². The average molecular weight is 182 g/mol. The highest BCUT2D eigenvalue weighted by Gasteiger charge is 2.08. The Hall–Kier alpha value is -0.870. The van der Waals surface area contributed by atoms with E-state index in [1.807, 2.05) is 25.7 Å². The molecule has 0 saturated carbocycles. The Balaban J connectivity index is 2.76. The summed E-state index contributed by atoms with van der Waals surface area (Å²) in [6.07, 6.45) is 0.971. The predicted molar refractivity (Wildman–Crippen MR) is 53.2 cm³/mol. The van der Waals surface area contributed by atoms with E-state index in [2.05, 4.69) is 12.0 Å². The summed E-state index contributed by atoms with van der Waals surface area (Å²) in [7, 11) is 3.85. The molecule has 4 nitrogen and oxygen atoms in total. The number of hydrogen-bond acceptors (Lipinski definition) is 3. The second kappa shape index (κ2) is 3.89. The Bertz CT molecular complexity index is 288. The molecule has 0 saturated heterocycles. The first-order valence-corrected chi connectivity index (χ1v) is 4.47. The lowest BCUT2D eigenvalue weighted by atomic mass is 10.1. The van der Waals surface area contributed by atoms with Gasteiger partial charge in [-0.2, -0.15) is 5.10 Å². The van der Waals surface area contributed by atoms with Gasteiger partial charge in [0.25, 0.3) is 0 Å². The van der Waals surface area contributed by atoms with Gasteiger partial charge in [-0.3, -0.25) is 10.5 Å². The van der Waals surface area contributed by atoms with Crippen molar-refractivity contribution < 1.29 is 0 Å². The van der Waals surface area contributed by atoms with Crippen LogP contribution in [0.15, 0.2) is 0 Å². The van der Waals surface area contributed by atoms with Gasteiger partial charge < -0.3 is 0 Å². The lowest BCUT2D eigenvalue weighted by Crippen LogP contribution is -2.28. The Morgan fingerprint density at radius 3 is 2.46 bits per heavy atom. The largest absolute Gasteiger partial charge is 0.272 e. The van der Waals surface area contributed by atoms with E-state index >= 15 is 0 Å². The second-order valence-corrected chi connectivity index (χ2v) is 3.50. The Morgan fingerprint density at radius 1 is 1.46 bits per heavy atom. The number of aromatic nitrogens is 2. The highest BCUT2D eigenvalue weighted by atomic mass is 15.4. The van der Waals surface area contributed by atoms with E-state index in [1.54, 1.807) is 5.01 Å². The molecule has 0 fully saturated rings. The summed E-state index contributed by atoms with van der Waals surface area (Å²) in [6.45, 7) is 5.00. The quantitative estimate of drug-likeness (QED) is 0.543. The minimum Gasteiger partial charge on any atom is -0.272 e. The maximum atomic E-state index is 5.55. The van der Waals surface area contributed by atoms with Crippen LogP contribution in [0.2, 0.25) is 0 Å². The van der Waals surface area contributed by atoms with E-state index in [9.17, 15) is 0 Å². The third-order valence-electron chi connectivity index (χ3n) is 2.37. The molecule has 0 unspecified atom stereocenters. The van der Waals surface area contributed by atoms with Crippen molar-refractivity contribution in [3.8, 4) is 0 Å². The molecule has 13 heavy (non-hydrogen) atoms. The minimum absolute atomic E-state index is 0.868. The van der Waals surface area contributed by atoms with E-state index in [1.165, 1.54) is 11.3 Å². The van der Waals surface area contributed by atoms with Crippen molar-refractivity contribution in [1.82, 2.24) is 14.8 Å². The van der Waals surface area contributed by atoms with Crippen LogP contribution in [0.1, 0.15) is 17.0 Å². The van der Waals surface area contributed by atoms with Crippen molar-refractivity contribution in [3.63, 3.8) is 0 Å². The molecule has 0 aliphatic carbocycles. The number of hydrazine groups is 1. The predicted octanol–water partition coefficient (Wildman–Crippen LogP) is 0.385. The molecular formula is C9H18N4. The number of aryl methyl sites for hydroxylation is 2. The topological polar surface area (TPSA) is 47.1 Å². The van der Waals surface area contributed by atoms with E-state index < -0.39 is 0 Å². The standard InChI is InChI=1S/C9H18N4/c1-7-9(5-6-12(3)10)8(2)13(4)11-7/h5-6,10H2,1-4H3. The van der Waals surface area contributed by atoms with Gasteiger partial charge in [0.05, 0.1) is 5.69 Å². The first kappa shape index (κ1) is 10.2. The normalized spacial score (nSPS) is 11.2. The third kappa shape index (κ3) is 2.29. The number of hydrogen-bond donors (Lipinski definition) is 1. The zero-order valence-electron chi connectivity index (χ0n) is 8.83. The van der Waals surface area contributed by atoms with Crippen LogP contribution >= 0.6 is 0 Å². The summed E-state index contributed by atoms with van der Waals surface area (Å²) in [5, 5.41) is 6.05. The number of likely N-dealkylation sites (N-methyl/N-ethyl adjacent to an activating group) is 1. The molecule has 74 valence electrons. The number of nitrogens with zero attached hydrogens (tertiary/aromatic N) is 3. The second-order valence-electron chi connectivity index (χ2n) is 3.50. The van der Waals surface area contributed by atoms with E-state index in [-0.39, 0.29) is 0 Å². The molecule has 1 aromatic rings. The maximum absolute atomic E-state index is 5.55. The van der Waals surface area contributed by atoms with E-state index in [0.717, 1.165) is 18.7 Å². The smallest absolute Gasteiger partial charge is 0.0628 e. The molecule has 1 heterocycles. The zero-order chi connectivity index (χ0) is 10.0. The van der Waals surface area contributed by atoms with Crippen molar-refractivity contribution in [2.75, 3.05) is 13.6 Å². The van der Waals surface area contributed by atoms with Crippen LogP contribution in [0, 0.1) is 13.8 Å². The van der Waals surface area contributed by atoms with E-state index in [0.29, 0.717) is 0 Å². The van der Waals surface area contributed by atoms with Gasteiger partial charge in [-0.15, -0.1) is 0 Å². The molecule has 2 N–H and O–H groups in total. The van der Waals surface area contributed by atoms with Crippen molar-refractivity contribution >= 4 is 0 Å². The molecule has 0 aliphatic rings. The van der Waals surface area contributed by atoms with Crippen LogP contribution in [0.25, 0.3) is 0 Å². The zero-order valence-corrected chi connectivity index (χ0v) is 8.83. The Morgan fingerprint density at radius 2 is 2.08 bits per heavy atom. The first-order chi connectivity index (χ1) is 6.02. The molecule has 0 radical (unpaired) electrons. The van der Waals surface area contributed by atoms with Gasteiger partial charge in [-0.1, -0.05) is 0 Å². The molecule has 4 heteroatoms. The van der Waals surface area contributed by atoms with Gasteiger partial charge in [-0.25, -0.2) is 5.01 Å². The molecule has 0 bridgehead atoms. The summed E-state index contributed by atoms with van der Waals surface area (Å²) in [5.41, 5.74) is 3.67. The van der Waals surface area contributed by atoms with Crippen LogP contribution in [0.4, 0.5) is 0 Å². The summed E-state index contributed by atoms with van der Waals surface area (Å²) >= 11 is 0. The molecule has 1 aromatic heterocycles. The van der Waals surface area contributed by atoms with Gasteiger partial charge in [0.1, 0.15) is 0 Å². The maximum Gasteiger partial charge on any atom is 0.0628 e. The van der Waals surface area contributed by atoms with Crippen molar-refractivity contribution in [3.05, 3.63) is 17.0 Å². The van der Waals surface area contributed by atoms with Gasteiger partial charge in [0.15, 0.2) is 0 Å². The summed E-state index contributed by atoms with van der Waals surface area (Å²) in [4.78, 5) is 0. The van der Waals surface area contributed by atoms with Crippen molar-refractivity contribution in [2.24, 2.45) is 12.9 Å². The van der Waals surface area contributed by atoms with Gasteiger partial charge in [0.2, 0.25) is 0 Å². The summed E-state index contributed by atoms with van der Waals surface area (Å²) < 4.78 is 1.92. The molecule has 0 aliphatic heterocycles. The van der Waals surface area contributed by atoms with E-state index in [4.69, 9.17) is 5.84 Å². The van der Waals surface area contributed by atoms with Crippen LogP contribution in [0.3, 0.4) is 0 Å². The summed E-state index contributed by atoms with van der Waals surface area (Å²) in [6, 6.07) is 0. The van der Waals surface area contributed by atoms with Crippen LogP contribution in [0.5, 0.6) is 0 Å². The third-order valence-corrected chi connectivity index (χ3v) is 2.37. The van der Waals surface area contributed by atoms with Gasteiger partial charge in [-0.05, 0) is 25.8 Å². The number of rotatable bonds is 3. The molecule has 0 amide bonds. The molecule has 0 spiro atoms.